The second-order valence-corrected chi connectivity index (χ2v) is 9.70. The topological polar surface area (TPSA) is 94.8 Å². The number of rotatable bonds is 2. The fourth-order valence-corrected chi connectivity index (χ4v) is 6.97. The Hall–Kier alpha value is -1.37. The van der Waals surface area contributed by atoms with E-state index in [-0.39, 0.29) is 24.5 Å². The Labute approximate surface area is 164 Å². The molecule has 8 atom stereocenters. The van der Waals surface area contributed by atoms with Gasteiger partial charge in [-0.25, -0.2) is 4.39 Å². The molecule has 5 nitrogen and oxygen atoms in total. The first kappa shape index (κ1) is 19.9. The van der Waals surface area contributed by atoms with Crippen LogP contribution in [0.5, 0.6) is 0 Å². The van der Waals surface area contributed by atoms with Crippen LogP contribution >= 0.6 is 0 Å². The minimum absolute atomic E-state index is 0.0652. The number of ketones is 2. The van der Waals surface area contributed by atoms with E-state index in [2.05, 4.69) is 0 Å². The Morgan fingerprint density at radius 1 is 1.29 bits per heavy atom. The zero-order valence-electron chi connectivity index (χ0n) is 16.6. The van der Waals surface area contributed by atoms with Gasteiger partial charge in [-0.1, -0.05) is 18.6 Å². The van der Waals surface area contributed by atoms with Crippen LogP contribution in [-0.2, 0) is 9.59 Å². The molecule has 0 aliphatic heterocycles. The van der Waals surface area contributed by atoms with Gasteiger partial charge in [-0.15, -0.1) is 0 Å². The van der Waals surface area contributed by atoms with Crippen molar-refractivity contribution in [1.29, 1.82) is 0 Å². The Morgan fingerprint density at radius 2 is 1.96 bits per heavy atom. The Bertz CT molecular complexity index is 803. The maximum absolute atomic E-state index is 16.8. The molecular formula is C22H29FO5. The van der Waals surface area contributed by atoms with Crippen LogP contribution in [-0.4, -0.2) is 50.4 Å². The molecule has 28 heavy (non-hydrogen) atoms. The van der Waals surface area contributed by atoms with Crippen molar-refractivity contribution in [3.8, 4) is 0 Å². The average molecular weight is 392 g/mol. The first-order valence-corrected chi connectivity index (χ1v) is 10.2. The molecule has 0 radical (unpaired) electrons. The summed E-state index contributed by atoms with van der Waals surface area (Å²) in [4.78, 5) is 24.5. The van der Waals surface area contributed by atoms with E-state index in [9.17, 15) is 24.9 Å². The molecule has 0 aromatic carbocycles. The molecule has 0 spiro atoms. The zero-order chi connectivity index (χ0) is 20.7. The highest BCUT2D eigenvalue weighted by atomic mass is 19.1. The third-order valence-corrected chi connectivity index (χ3v) is 8.58. The number of hydrogen-bond donors (Lipinski definition) is 3. The third kappa shape index (κ3) is 2.12. The number of carbonyl (C=O) groups is 2. The third-order valence-electron chi connectivity index (χ3n) is 8.58. The van der Waals surface area contributed by atoms with Crippen LogP contribution in [0.4, 0.5) is 4.39 Å². The Kier molecular flexibility index (Phi) is 4.15. The number of alkyl halides is 1. The van der Waals surface area contributed by atoms with Gasteiger partial charge in [0.25, 0.3) is 0 Å². The molecule has 0 heterocycles. The first-order chi connectivity index (χ1) is 12.9. The molecule has 0 saturated heterocycles. The van der Waals surface area contributed by atoms with Gasteiger partial charge in [-0.2, -0.15) is 0 Å². The molecule has 3 N–H and O–H groups in total. The van der Waals surface area contributed by atoms with Gasteiger partial charge in [-0.05, 0) is 64.0 Å². The van der Waals surface area contributed by atoms with Crippen LogP contribution < -0.4 is 0 Å². The summed E-state index contributed by atoms with van der Waals surface area (Å²) in [6, 6.07) is 0. The van der Waals surface area contributed by atoms with Gasteiger partial charge < -0.3 is 15.3 Å². The highest BCUT2D eigenvalue weighted by Gasteiger charge is 2.74. The molecule has 3 fully saturated rings. The van der Waals surface area contributed by atoms with Gasteiger partial charge in [0.2, 0.25) is 0 Å². The second-order valence-electron chi connectivity index (χ2n) is 9.70. The normalized spacial score (nSPS) is 51.0. The lowest BCUT2D eigenvalue weighted by molar-refractivity contribution is -0.218. The van der Waals surface area contributed by atoms with Crippen LogP contribution in [0.3, 0.4) is 0 Å². The van der Waals surface area contributed by atoms with Gasteiger partial charge >= 0.3 is 0 Å². The fraction of sp³-hybridized carbons (Fsp3) is 0.727. The molecule has 0 amide bonds. The molecule has 3 saturated carbocycles. The number of hydrogen-bond acceptors (Lipinski definition) is 5. The smallest absolute Gasteiger partial charge is 0.192 e. The number of fused-ring (bicyclic) bond motifs is 5. The van der Waals surface area contributed by atoms with Crippen molar-refractivity contribution < 1.29 is 29.3 Å². The summed E-state index contributed by atoms with van der Waals surface area (Å²) in [6.45, 7) is 4.82. The van der Waals surface area contributed by atoms with Crippen molar-refractivity contribution in [1.82, 2.24) is 0 Å². The molecule has 4 aliphatic carbocycles. The first-order valence-electron chi connectivity index (χ1n) is 10.2. The van der Waals surface area contributed by atoms with Crippen LogP contribution in [0.1, 0.15) is 52.9 Å². The van der Waals surface area contributed by atoms with E-state index >= 15 is 4.39 Å². The number of Topliss-reactive ketones (excluding diaryl/α,β-unsaturated/α-hetero) is 1. The van der Waals surface area contributed by atoms with Crippen LogP contribution in [0.25, 0.3) is 0 Å². The lowest BCUT2D eigenvalue weighted by atomic mass is 9.44. The average Bonchev–Trinajstić information content (AvgIpc) is 2.88. The van der Waals surface area contributed by atoms with Crippen molar-refractivity contribution >= 4 is 11.6 Å². The van der Waals surface area contributed by atoms with Crippen molar-refractivity contribution in [2.45, 2.75) is 76.4 Å². The summed E-state index contributed by atoms with van der Waals surface area (Å²) in [5.74, 6) is -1.65. The molecule has 6 heteroatoms. The predicted molar refractivity (Wildman–Crippen MR) is 100.0 cm³/mol. The zero-order valence-corrected chi connectivity index (χ0v) is 16.6. The van der Waals surface area contributed by atoms with E-state index in [1.165, 1.54) is 19.1 Å². The summed E-state index contributed by atoms with van der Waals surface area (Å²) < 4.78 is 16.8. The number of allylic oxidation sites excluding steroid dienone is 4. The number of aliphatic hydroxyl groups excluding tert-OH is 2. The van der Waals surface area contributed by atoms with Gasteiger partial charge in [0.1, 0.15) is 11.7 Å². The van der Waals surface area contributed by atoms with Crippen molar-refractivity contribution in [3.63, 3.8) is 0 Å². The summed E-state index contributed by atoms with van der Waals surface area (Å²) >= 11 is 0. The van der Waals surface area contributed by atoms with Crippen LogP contribution in [0, 0.1) is 22.7 Å². The highest BCUT2D eigenvalue weighted by molar-refractivity contribution is 6.01. The van der Waals surface area contributed by atoms with Crippen LogP contribution in [0.2, 0.25) is 0 Å². The number of carbonyl (C=O) groups excluding carboxylic acids is 2. The minimum Gasteiger partial charge on any atom is -0.390 e. The Balaban J connectivity index is 1.80. The van der Waals surface area contributed by atoms with E-state index in [1.807, 2.05) is 0 Å². The van der Waals surface area contributed by atoms with E-state index < -0.39 is 46.0 Å². The number of aliphatic hydroxyl groups is 3. The SMILES string of the molecule is C[C@H](O)C(=O)[C@@]1(O)CC[C@H]2[C@@H]3CCC4=CC(=O)C=C[C@]4(C)[C@@]3(F)[C@@H](O)C[C@@]21C. The van der Waals surface area contributed by atoms with Gasteiger partial charge in [0, 0.05) is 16.7 Å². The maximum atomic E-state index is 16.8. The number of halogens is 1. The van der Waals surface area contributed by atoms with Gasteiger partial charge in [-0.3, -0.25) is 9.59 Å². The van der Waals surface area contributed by atoms with Crippen molar-refractivity contribution in [2.75, 3.05) is 0 Å². The quantitative estimate of drug-likeness (QED) is 0.669. The molecule has 0 unspecified atom stereocenters. The van der Waals surface area contributed by atoms with E-state index in [0.29, 0.717) is 24.8 Å². The largest absolute Gasteiger partial charge is 0.390 e. The molecular weight excluding hydrogens is 363 g/mol. The summed E-state index contributed by atoms with van der Waals surface area (Å²) in [5, 5.41) is 32.2. The standard InChI is InChI=1S/C22H29FO5/c1-12(24)18(27)21(28)9-7-15-16-5-4-13-10-14(25)6-8-19(13,2)22(16,23)17(26)11-20(15,21)3/h6,8,10,12,15-17,24,26,28H,4-5,7,9,11H2,1-3H3/t12-,15-,16-,17-,19-,20-,21-,22-/m0/s1. The maximum Gasteiger partial charge on any atom is 0.192 e. The van der Waals surface area contributed by atoms with Gasteiger partial charge in [0.05, 0.1) is 6.10 Å². The van der Waals surface area contributed by atoms with Crippen molar-refractivity contribution in [2.24, 2.45) is 22.7 Å². The lowest BCUT2D eigenvalue weighted by Gasteiger charge is -2.62. The predicted octanol–water partition coefficient (Wildman–Crippen LogP) is 2.04. The highest BCUT2D eigenvalue weighted by Crippen LogP contribution is 2.69. The van der Waals surface area contributed by atoms with E-state index in [4.69, 9.17) is 0 Å². The minimum atomic E-state index is -1.97. The molecule has 154 valence electrons. The van der Waals surface area contributed by atoms with E-state index in [1.54, 1.807) is 19.9 Å². The summed E-state index contributed by atoms with van der Waals surface area (Å²) in [7, 11) is 0. The molecule has 4 aliphatic rings. The molecule has 0 bridgehead atoms. The van der Waals surface area contributed by atoms with E-state index in [0.717, 1.165) is 0 Å². The van der Waals surface area contributed by atoms with Crippen molar-refractivity contribution in [3.05, 3.63) is 23.8 Å². The molecule has 4 rings (SSSR count). The summed E-state index contributed by atoms with van der Waals surface area (Å²) in [5.41, 5.74) is -5.14. The molecule has 0 aromatic heterocycles. The van der Waals surface area contributed by atoms with Crippen LogP contribution in [0.15, 0.2) is 23.8 Å². The monoisotopic (exact) mass is 392 g/mol. The van der Waals surface area contributed by atoms with Gasteiger partial charge in [0.15, 0.2) is 17.2 Å². The fourth-order valence-electron chi connectivity index (χ4n) is 6.97. The molecule has 0 aromatic rings. The Morgan fingerprint density at radius 3 is 2.61 bits per heavy atom. The summed E-state index contributed by atoms with van der Waals surface area (Å²) in [6.07, 6.45) is 3.29. The second kappa shape index (κ2) is 5.83. The lowest BCUT2D eigenvalue weighted by Crippen LogP contribution is -2.69.